The molecule has 28 heavy (non-hydrogen) atoms. The SMILES string of the molecule is O=C(Nc1ccc(Cl)c(Cl)c1)C1CC1.O=C(Nc1ccc(Cl)c(Cl)c1)C1CC1. The zero-order chi connectivity index (χ0) is 20.3. The Morgan fingerprint density at radius 2 is 1.00 bits per heavy atom. The molecule has 2 amide bonds. The Balaban J connectivity index is 0.000000161. The number of anilines is 2. The van der Waals surface area contributed by atoms with Crippen LogP contribution in [0.15, 0.2) is 36.4 Å². The number of halogens is 4. The van der Waals surface area contributed by atoms with Crippen molar-refractivity contribution in [1.82, 2.24) is 0 Å². The fourth-order valence-corrected chi connectivity index (χ4v) is 2.92. The summed E-state index contributed by atoms with van der Waals surface area (Å²) in [4.78, 5) is 22.8. The number of hydrogen-bond donors (Lipinski definition) is 2. The molecule has 0 spiro atoms. The molecule has 2 aliphatic carbocycles. The molecule has 2 aromatic rings. The van der Waals surface area contributed by atoms with Crippen LogP contribution in [0.3, 0.4) is 0 Å². The highest BCUT2D eigenvalue weighted by atomic mass is 35.5. The second-order valence-electron chi connectivity index (χ2n) is 6.78. The van der Waals surface area contributed by atoms with Crippen LogP contribution in [0.5, 0.6) is 0 Å². The fourth-order valence-electron chi connectivity index (χ4n) is 2.33. The zero-order valence-electron chi connectivity index (χ0n) is 14.8. The summed E-state index contributed by atoms with van der Waals surface area (Å²) in [5.41, 5.74) is 1.41. The van der Waals surface area contributed by atoms with Crippen LogP contribution in [0.4, 0.5) is 11.4 Å². The highest BCUT2D eigenvalue weighted by molar-refractivity contribution is 6.42. The van der Waals surface area contributed by atoms with Gasteiger partial charge in [0.2, 0.25) is 11.8 Å². The standard InChI is InChI=1S/2C10H9Cl2NO/c2*11-8-4-3-7(5-9(8)12)13-10(14)6-1-2-6/h2*3-6H,1-2H2,(H,13,14). The third kappa shape index (κ3) is 6.28. The lowest BCUT2D eigenvalue weighted by molar-refractivity contribution is -0.118. The van der Waals surface area contributed by atoms with Gasteiger partial charge >= 0.3 is 0 Å². The summed E-state index contributed by atoms with van der Waals surface area (Å²) in [5.74, 6) is 0.542. The number of amides is 2. The Morgan fingerprint density at radius 3 is 1.29 bits per heavy atom. The molecule has 0 radical (unpaired) electrons. The Labute approximate surface area is 183 Å². The molecule has 0 heterocycles. The molecule has 2 aliphatic rings. The molecule has 2 saturated carbocycles. The number of carbonyl (C=O) groups excluding carboxylic acids is 2. The van der Waals surface area contributed by atoms with Crippen molar-refractivity contribution in [2.75, 3.05) is 10.6 Å². The minimum absolute atomic E-state index is 0.0726. The molecule has 0 aliphatic heterocycles. The van der Waals surface area contributed by atoms with Crippen LogP contribution in [-0.2, 0) is 9.59 Å². The van der Waals surface area contributed by atoms with Gasteiger partial charge in [-0.15, -0.1) is 0 Å². The predicted molar refractivity (Wildman–Crippen MR) is 116 cm³/mol. The van der Waals surface area contributed by atoms with E-state index in [1.807, 2.05) is 0 Å². The third-order valence-electron chi connectivity index (χ3n) is 4.27. The fraction of sp³-hybridized carbons (Fsp3) is 0.300. The van der Waals surface area contributed by atoms with Gasteiger partial charge < -0.3 is 10.6 Å². The number of rotatable bonds is 4. The summed E-state index contributed by atoms with van der Waals surface area (Å²) in [6.45, 7) is 0. The van der Waals surface area contributed by atoms with Crippen LogP contribution in [-0.4, -0.2) is 11.8 Å². The molecular formula is C20H18Cl4N2O2. The average molecular weight is 460 g/mol. The summed E-state index contributed by atoms with van der Waals surface area (Å²) in [6, 6.07) is 10.1. The van der Waals surface area contributed by atoms with Crippen molar-refractivity contribution < 1.29 is 9.59 Å². The molecular weight excluding hydrogens is 442 g/mol. The summed E-state index contributed by atoms with van der Waals surface area (Å²) in [7, 11) is 0. The van der Waals surface area contributed by atoms with E-state index in [4.69, 9.17) is 46.4 Å². The maximum Gasteiger partial charge on any atom is 0.227 e. The van der Waals surface area contributed by atoms with Gasteiger partial charge in [0.25, 0.3) is 0 Å². The zero-order valence-corrected chi connectivity index (χ0v) is 17.8. The molecule has 2 aromatic carbocycles. The van der Waals surface area contributed by atoms with E-state index in [0.29, 0.717) is 31.5 Å². The average Bonchev–Trinajstić information content (AvgIpc) is 3.54. The van der Waals surface area contributed by atoms with Crippen molar-refractivity contribution in [3.8, 4) is 0 Å². The van der Waals surface area contributed by atoms with Crippen molar-refractivity contribution in [3.63, 3.8) is 0 Å². The largest absolute Gasteiger partial charge is 0.326 e. The Morgan fingerprint density at radius 1 is 0.643 bits per heavy atom. The lowest BCUT2D eigenvalue weighted by Gasteiger charge is -2.04. The van der Waals surface area contributed by atoms with Gasteiger partial charge in [0.1, 0.15) is 0 Å². The van der Waals surface area contributed by atoms with Crippen molar-refractivity contribution in [3.05, 3.63) is 56.5 Å². The van der Waals surface area contributed by atoms with Gasteiger partial charge in [0, 0.05) is 23.2 Å². The Hall–Kier alpha value is -1.46. The van der Waals surface area contributed by atoms with Gasteiger partial charge in [0.15, 0.2) is 0 Å². The first-order valence-electron chi connectivity index (χ1n) is 8.85. The van der Waals surface area contributed by atoms with E-state index in [-0.39, 0.29) is 23.7 Å². The lowest BCUT2D eigenvalue weighted by atomic mass is 10.3. The van der Waals surface area contributed by atoms with Crippen molar-refractivity contribution in [1.29, 1.82) is 0 Å². The first-order valence-corrected chi connectivity index (χ1v) is 10.4. The molecule has 0 atom stereocenters. The molecule has 0 unspecified atom stereocenters. The number of nitrogens with one attached hydrogen (secondary N) is 2. The van der Waals surface area contributed by atoms with Gasteiger partial charge in [-0.3, -0.25) is 9.59 Å². The normalized spacial score (nSPS) is 15.3. The van der Waals surface area contributed by atoms with E-state index >= 15 is 0 Å². The summed E-state index contributed by atoms with van der Waals surface area (Å²) in [6.07, 6.45) is 3.97. The van der Waals surface area contributed by atoms with Crippen LogP contribution in [0.2, 0.25) is 20.1 Å². The molecule has 148 valence electrons. The minimum Gasteiger partial charge on any atom is -0.326 e. The molecule has 2 fully saturated rings. The highest BCUT2D eigenvalue weighted by Crippen LogP contribution is 2.32. The van der Waals surface area contributed by atoms with E-state index in [1.54, 1.807) is 36.4 Å². The summed E-state index contributed by atoms with van der Waals surface area (Å²) < 4.78 is 0. The maximum absolute atomic E-state index is 11.4. The Bertz CT molecular complexity index is 822. The monoisotopic (exact) mass is 458 g/mol. The first kappa shape index (κ1) is 21.3. The third-order valence-corrected chi connectivity index (χ3v) is 5.75. The van der Waals surface area contributed by atoms with E-state index in [2.05, 4.69) is 10.6 Å². The van der Waals surface area contributed by atoms with Crippen LogP contribution < -0.4 is 10.6 Å². The molecule has 0 bridgehead atoms. The quantitative estimate of drug-likeness (QED) is 0.535. The lowest BCUT2D eigenvalue weighted by Crippen LogP contribution is -2.13. The van der Waals surface area contributed by atoms with Crippen molar-refractivity contribution >= 4 is 69.6 Å². The van der Waals surface area contributed by atoms with E-state index < -0.39 is 0 Å². The molecule has 2 N–H and O–H groups in total. The Kier molecular flexibility index (Phi) is 7.10. The smallest absolute Gasteiger partial charge is 0.227 e. The molecule has 0 saturated heterocycles. The van der Waals surface area contributed by atoms with E-state index in [9.17, 15) is 9.59 Å². The van der Waals surface area contributed by atoms with Gasteiger partial charge in [-0.2, -0.15) is 0 Å². The first-order chi connectivity index (χ1) is 13.3. The highest BCUT2D eigenvalue weighted by Gasteiger charge is 2.30. The van der Waals surface area contributed by atoms with E-state index in [1.165, 1.54) is 0 Å². The topological polar surface area (TPSA) is 58.2 Å². The maximum atomic E-state index is 11.4. The molecule has 4 rings (SSSR count). The van der Waals surface area contributed by atoms with Gasteiger partial charge in [-0.05, 0) is 62.1 Å². The molecule has 0 aromatic heterocycles. The predicted octanol–water partition coefficient (Wildman–Crippen LogP) is 6.68. The van der Waals surface area contributed by atoms with Gasteiger partial charge in [-0.1, -0.05) is 46.4 Å². The second kappa shape index (κ2) is 9.36. The van der Waals surface area contributed by atoms with Crippen LogP contribution in [0.25, 0.3) is 0 Å². The number of benzene rings is 2. The van der Waals surface area contributed by atoms with Crippen LogP contribution in [0, 0.1) is 11.8 Å². The summed E-state index contributed by atoms with van der Waals surface area (Å²) in [5, 5.41) is 7.49. The second-order valence-corrected chi connectivity index (χ2v) is 8.41. The van der Waals surface area contributed by atoms with Crippen molar-refractivity contribution in [2.24, 2.45) is 11.8 Å². The summed E-state index contributed by atoms with van der Waals surface area (Å²) >= 11 is 23.1. The van der Waals surface area contributed by atoms with E-state index in [0.717, 1.165) is 25.7 Å². The van der Waals surface area contributed by atoms with Gasteiger partial charge in [0.05, 0.1) is 20.1 Å². The number of carbonyl (C=O) groups is 2. The van der Waals surface area contributed by atoms with Crippen LogP contribution in [0.1, 0.15) is 25.7 Å². The van der Waals surface area contributed by atoms with Crippen molar-refractivity contribution in [2.45, 2.75) is 25.7 Å². The van der Waals surface area contributed by atoms with Gasteiger partial charge in [-0.25, -0.2) is 0 Å². The number of hydrogen-bond acceptors (Lipinski definition) is 2. The van der Waals surface area contributed by atoms with Crippen LogP contribution >= 0.6 is 46.4 Å². The molecule has 4 nitrogen and oxygen atoms in total. The minimum atomic E-state index is 0.0726. The molecule has 8 heteroatoms.